The fourth-order valence-corrected chi connectivity index (χ4v) is 3.98. The minimum atomic E-state index is -1.44. The van der Waals surface area contributed by atoms with E-state index in [9.17, 15) is 19.1 Å². The summed E-state index contributed by atoms with van der Waals surface area (Å²) in [6.45, 7) is 0.733. The molecule has 4 rings (SSSR count). The van der Waals surface area contributed by atoms with Crippen molar-refractivity contribution in [1.82, 2.24) is 19.9 Å². The molecule has 170 valence electrons. The summed E-state index contributed by atoms with van der Waals surface area (Å²) in [5.74, 6) is -0.985. The van der Waals surface area contributed by atoms with Gasteiger partial charge in [-0.3, -0.25) is 9.59 Å². The zero-order valence-electron chi connectivity index (χ0n) is 17.2. The quantitative estimate of drug-likeness (QED) is 0.563. The number of carbonyl (C=O) groups excluding carboxylic acids is 2. The Hall–Kier alpha value is -3.15. The van der Waals surface area contributed by atoms with E-state index in [-0.39, 0.29) is 12.6 Å². The molecule has 2 aliphatic rings. The summed E-state index contributed by atoms with van der Waals surface area (Å²) in [6, 6.07) is 4.77. The second kappa shape index (κ2) is 9.55. The maximum atomic E-state index is 15.0. The van der Waals surface area contributed by atoms with Gasteiger partial charge in [0.2, 0.25) is 0 Å². The monoisotopic (exact) mass is 445 g/mol. The minimum Gasteiger partial charge on any atom is -0.393 e. The predicted octanol–water partition coefficient (Wildman–Crippen LogP) is -0.184. The molecule has 32 heavy (non-hydrogen) atoms. The Kier molecular flexibility index (Phi) is 6.58. The van der Waals surface area contributed by atoms with Gasteiger partial charge in [0, 0.05) is 37.1 Å². The average molecular weight is 445 g/mol. The number of ether oxygens (including phenoxy) is 1. The summed E-state index contributed by atoms with van der Waals surface area (Å²) in [4.78, 5) is 26.6. The fraction of sp³-hybridized carbons (Fsp3) is 0.429. The maximum Gasteiger partial charge on any atom is 0.254 e. The molecule has 3 atom stereocenters. The van der Waals surface area contributed by atoms with Crippen LogP contribution in [0.3, 0.4) is 0 Å². The molecule has 10 nitrogen and oxygen atoms in total. The SMILES string of the molecule is O=CC1O[C@@H](Cn2ccnn2)CN1c1ccc(C2=CCN(C(=O)[C@@H](O)CO)CC2)c(F)c1. The van der Waals surface area contributed by atoms with Crippen molar-refractivity contribution < 1.29 is 28.9 Å². The van der Waals surface area contributed by atoms with Crippen LogP contribution in [0.1, 0.15) is 12.0 Å². The van der Waals surface area contributed by atoms with E-state index in [0.717, 1.165) is 5.57 Å². The van der Waals surface area contributed by atoms with Crippen LogP contribution in [-0.2, 0) is 20.9 Å². The molecule has 11 heteroatoms. The number of benzene rings is 1. The molecule has 2 N–H and O–H groups in total. The number of hydrogen-bond donors (Lipinski definition) is 2. The summed E-state index contributed by atoms with van der Waals surface area (Å²) in [7, 11) is 0. The first-order valence-electron chi connectivity index (χ1n) is 10.3. The van der Waals surface area contributed by atoms with E-state index in [1.807, 2.05) is 0 Å². The summed E-state index contributed by atoms with van der Waals surface area (Å²) >= 11 is 0. The second-order valence-electron chi connectivity index (χ2n) is 7.69. The Labute approximate surface area is 183 Å². The molecule has 1 aromatic carbocycles. The van der Waals surface area contributed by atoms with E-state index in [1.54, 1.807) is 40.2 Å². The van der Waals surface area contributed by atoms with E-state index in [4.69, 9.17) is 9.84 Å². The Morgan fingerprint density at radius 2 is 2.25 bits per heavy atom. The van der Waals surface area contributed by atoms with Gasteiger partial charge in [-0.05, 0) is 30.2 Å². The molecule has 1 saturated heterocycles. The summed E-state index contributed by atoms with van der Waals surface area (Å²) in [6.07, 6.45) is 3.55. The highest BCUT2D eigenvalue weighted by Crippen LogP contribution is 2.30. The lowest BCUT2D eigenvalue weighted by atomic mass is 9.98. The summed E-state index contributed by atoms with van der Waals surface area (Å²) in [5.41, 5.74) is 1.71. The van der Waals surface area contributed by atoms with Crippen molar-refractivity contribution in [3.8, 4) is 0 Å². The molecule has 0 radical (unpaired) electrons. The van der Waals surface area contributed by atoms with Crippen LogP contribution in [0.4, 0.5) is 10.1 Å². The van der Waals surface area contributed by atoms with E-state index in [2.05, 4.69) is 10.3 Å². The maximum absolute atomic E-state index is 15.0. The Morgan fingerprint density at radius 3 is 2.88 bits per heavy atom. The van der Waals surface area contributed by atoms with Gasteiger partial charge in [-0.15, -0.1) is 5.10 Å². The lowest BCUT2D eigenvalue weighted by Crippen LogP contribution is -2.42. The van der Waals surface area contributed by atoms with Gasteiger partial charge in [0.15, 0.2) is 18.6 Å². The second-order valence-corrected chi connectivity index (χ2v) is 7.69. The van der Waals surface area contributed by atoms with Crippen LogP contribution in [0.2, 0.25) is 0 Å². The Bertz CT molecular complexity index is 998. The van der Waals surface area contributed by atoms with Crippen LogP contribution >= 0.6 is 0 Å². The van der Waals surface area contributed by atoms with E-state index in [1.165, 1.54) is 11.0 Å². The number of aldehydes is 1. The molecule has 0 saturated carbocycles. The molecule has 0 bridgehead atoms. The van der Waals surface area contributed by atoms with Crippen molar-refractivity contribution in [3.05, 3.63) is 48.0 Å². The molecular weight excluding hydrogens is 421 g/mol. The van der Waals surface area contributed by atoms with Crippen LogP contribution in [0.15, 0.2) is 36.7 Å². The Balaban J connectivity index is 1.45. The first kappa shape index (κ1) is 22.1. The molecular formula is C21H24FN5O5. The van der Waals surface area contributed by atoms with Crippen molar-refractivity contribution in [1.29, 1.82) is 0 Å². The highest BCUT2D eigenvalue weighted by atomic mass is 19.1. The molecule has 2 aromatic rings. The highest BCUT2D eigenvalue weighted by molar-refractivity contribution is 5.82. The third-order valence-corrected chi connectivity index (χ3v) is 5.63. The van der Waals surface area contributed by atoms with Gasteiger partial charge in [0.05, 0.1) is 25.5 Å². The van der Waals surface area contributed by atoms with Gasteiger partial charge in [-0.2, -0.15) is 0 Å². The zero-order chi connectivity index (χ0) is 22.7. The van der Waals surface area contributed by atoms with Gasteiger partial charge in [-0.25, -0.2) is 9.07 Å². The summed E-state index contributed by atoms with van der Waals surface area (Å²) in [5, 5.41) is 26.1. The molecule has 1 amide bonds. The molecule has 2 aliphatic heterocycles. The largest absolute Gasteiger partial charge is 0.393 e. The van der Waals surface area contributed by atoms with Crippen molar-refractivity contribution in [2.24, 2.45) is 0 Å². The van der Waals surface area contributed by atoms with Crippen LogP contribution in [0.5, 0.6) is 0 Å². The normalized spacial score (nSPS) is 22.0. The van der Waals surface area contributed by atoms with Crippen LogP contribution in [0.25, 0.3) is 5.57 Å². The zero-order valence-corrected chi connectivity index (χ0v) is 17.2. The van der Waals surface area contributed by atoms with E-state index >= 15 is 0 Å². The van der Waals surface area contributed by atoms with Gasteiger partial charge < -0.3 is 24.7 Å². The van der Waals surface area contributed by atoms with Crippen LogP contribution in [-0.4, -0.2) is 87.0 Å². The van der Waals surface area contributed by atoms with Crippen molar-refractivity contribution >= 4 is 23.5 Å². The minimum absolute atomic E-state index is 0.226. The topological polar surface area (TPSA) is 121 Å². The number of hydrogen-bond acceptors (Lipinski definition) is 8. The number of anilines is 1. The van der Waals surface area contributed by atoms with Crippen molar-refractivity contribution in [3.63, 3.8) is 0 Å². The lowest BCUT2D eigenvalue weighted by molar-refractivity contribution is -0.141. The van der Waals surface area contributed by atoms with Gasteiger partial charge in [0.1, 0.15) is 5.82 Å². The number of rotatable bonds is 7. The highest BCUT2D eigenvalue weighted by Gasteiger charge is 2.33. The predicted molar refractivity (Wildman–Crippen MR) is 111 cm³/mol. The van der Waals surface area contributed by atoms with Crippen LogP contribution < -0.4 is 4.90 Å². The number of carbonyl (C=O) groups is 2. The van der Waals surface area contributed by atoms with Crippen molar-refractivity contribution in [2.45, 2.75) is 31.4 Å². The summed E-state index contributed by atoms with van der Waals surface area (Å²) < 4.78 is 22.4. The first-order chi connectivity index (χ1) is 15.5. The van der Waals surface area contributed by atoms with Gasteiger partial charge in [0.25, 0.3) is 5.91 Å². The Morgan fingerprint density at radius 1 is 1.41 bits per heavy atom. The van der Waals surface area contributed by atoms with Crippen molar-refractivity contribution in [2.75, 3.05) is 31.1 Å². The van der Waals surface area contributed by atoms with E-state index < -0.39 is 30.7 Å². The number of aromatic nitrogens is 3. The average Bonchev–Trinajstić information content (AvgIpc) is 3.48. The number of aliphatic hydroxyl groups is 2. The third-order valence-electron chi connectivity index (χ3n) is 5.63. The number of aliphatic hydroxyl groups excluding tert-OH is 2. The van der Waals surface area contributed by atoms with Gasteiger partial charge >= 0.3 is 0 Å². The lowest BCUT2D eigenvalue weighted by Gasteiger charge is -2.28. The smallest absolute Gasteiger partial charge is 0.254 e. The number of halogens is 1. The van der Waals surface area contributed by atoms with Crippen LogP contribution in [0, 0.1) is 5.82 Å². The molecule has 3 heterocycles. The molecule has 0 aliphatic carbocycles. The molecule has 1 unspecified atom stereocenters. The van der Waals surface area contributed by atoms with Gasteiger partial charge in [-0.1, -0.05) is 11.3 Å². The number of amides is 1. The molecule has 1 aromatic heterocycles. The standard InChI is InChI=1S/C21H24FN5O5/c22-18-9-15(27-11-16(32-20(27)13-29)10-26-8-5-23-24-26)1-2-17(18)14-3-6-25(7-4-14)21(31)19(30)12-28/h1-3,5,8-9,13,16,19-20,28,30H,4,6-7,10-12H2/t16-,19-,20?/m0/s1. The first-order valence-corrected chi connectivity index (χ1v) is 10.3. The third kappa shape index (κ3) is 4.54. The fourth-order valence-electron chi connectivity index (χ4n) is 3.98. The molecule has 0 spiro atoms. The number of nitrogens with zero attached hydrogens (tertiary/aromatic N) is 5. The van der Waals surface area contributed by atoms with E-state index in [0.29, 0.717) is 43.6 Å². The molecule has 1 fully saturated rings.